The molecule has 0 bridgehead atoms. The predicted octanol–water partition coefficient (Wildman–Crippen LogP) is 3.19. The van der Waals surface area contributed by atoms with Gasteiger partial charge in [-0.15, -0.1) is 22.7 Å². The zero-order valence-electron chi connectivity index (χ0n) is 17.8. The van der Waals surface area contributed by atoms with E-state index in [1.165, 1.54) is 11.1 Å². The molecule has 174 valence electrons. The lowest BCUT2D eigenvalue weighted by atomic mass is 10.1. The van der Waals surface area contributed by atoms with E-state index in [0.717, 1.165) is 15.5 Å². The Morgan fingerprint density at radius 2 is 1.91 bits per heavy atom. The van der Waals surface area contributed by atoms with Gasteiger partial charge in [0, 0.05) is 16.9 Å². The van der Waals surface area contributed by atoms with Gasteiger partial charge in [-0.25, -0.2) is 5.01 Å². The van der Waals surface area contributed by atoms with Gasteiger partial charge in [-0.3, -0.25) is 14.4 Å². The van der Waals surface area contributed by atoms with Crippen LogP contribution in [-0.4, -0.2) is 48.4 Å². The fourth-order valence-corrected chi connectivity index (χ4v) is 5.12. The molecule has 11 heteroatoms. The number of nitrogens with one attached hydrogen (secondary N) is 1. The van der Waals surface area contributed by atoms with Crippen molar-refractivity contribution in [3.63, 3.8) is 0 Å². The molecule has 3 aromatic rings. The number of benzene rings is 1. The van der Waals surface area contributed by atoms with Crippen molar-refractivity contribution in [3.8, 4) is 11.5 Å². The summed E-state index contributed by atoms with van der Waals surface area (Å²) in [6.07, 6.45) is 0.590. The summed E-state index contributed by atoms with van der Waals surface area (Å²) in [6, 6.07) is 12.3. The lowest BCUT2D eigenvalue weighted by Crippen LogP contribution is -2.34. The largest absolute Gasteiger partial charge is 0.454 e. The molecule has 2 amide bonds. The molecule has 1 unspecified atom stereocenters. The van der Waals surface area contributed by atoms with E-state index in [1.807, 2.05) is 35.0 Å². The van der Waals surface area contributed by atoms with E-state index < -0.39 is 24.4 Å². The monoisotopic (exact) mass is 497 g/mol. The molecular weight excluding hydrogens is 478 g/mol. The number of thiophene rings is 2. The van der Waals surface area contributed by atoms with Crippen LogP contribution in [0.15, 0.2) is 58.3 Å². The van der Waals surface area contributed by atoms with Gasteiger partial charge in [0.2, 0.25) is 6.79 Å². The highest BCUT2D eigenvalue weighted by atomic mass is 32.1. The predicted molar refractivity (Wildman–Crippen MR) is 125 cm³/mol. The van der Waals surface area contributed by atoms with Crippen LogP contribution in [0.2, 0.25) is 0 Å². The van der Waals surface area contributed by atoms with Crippen LogP contribution >= 0.6 is 22.7 Å². The first-order chi connectivity index (χ1) is 16.6. The number of rotatable bonds is 7. The fourth-order valence-electron chi connectivity index (χ4n) is 3.59. The van der Waals surface area contributed by atoms with E-state index in [0.29, 0.717) is 23.5 Å². The molecule has 0 saturated heterocycles. The minimum absolute atomic E-state index is 0.101. The molecule has 1 atom stereocenters. The Hall–Kier alpha value is -3.70. The van der Waals surface area contributed by atoms with Crippen molar-refractivity contribution in [2.24, 2.45) is 5.10 Å². The zero-order valence-corrected chi connectivity index (χ0v) is 19.4. The summed E-state index contributed by atoms with van der Waals surface area (Å²) in [5, 5.41) is 12.3. The number of amides is 2. The summed E-state index contributed by atoms with van der Waals surface area (Å²) in [5.74, 6) is -0.599. The maximum Gasteiger partial charge on any atom is 0.325 e. The average Bonchev–Trinajstić information content (AvgIpc) is 3.65. The maximum atomic E-state index is 12.9. The summed E-state index contributed by atoms with van der Waals surface area (Å²) in [5.41, 5.74) is 1.14. The van der Waals surface area contributed by atoms with Crippen molar-refractivity contribution in [3.05, 3.63) is 68.5 Å². The maximum absolute atomic E-state index is 12.9. The highest BCUT2D eigenvalue weighted by Crippen LogP contribution is 2.36. The molecule has 0 spiro atoms. The molecular formula is C23H19N3O6S2. The van der Waals surface area contributed by atoms with Crippen LogP contribution in [0.25, 0.3) is 0 Å². The number of hydrazone groups is 1. The van der Waals surface area contributed by atoms with Crippen molar-refractivity contribution in [1.82, 2.24) is 10.3 Å². The number of hydrogen-bond acceptors (Lipinski definition) is 9. The van der Waals surface area contributed by atoms with Gasteiger partial charge in [0.1, 0.15) is 6.54 Å². The Labute approximate surface area is 202 Å². The van der Waals surface area contributed by atoms with Gasteiger partial charge in [-0.05, 0) is 41.1 Å². The van der Waals surface area contributed by atoms with Crippen LogP contribution in [-0.2, 0) is 14.3 Å². The zero-order chi connectivity index (χ0) is 23.5. The molecule has 0 fully saturated rings. The van der Waals surface area contributed by atoms with Gasteiger partial charge in [-0.2, -0.15) is 5.10 Å². The summed E-state index contributed by atoms with van der Waals surface area (Å²) >= 11 is 3.11. The standard InChI is InChI=1S/C23H19N3O6S2/c27-21(26-16(20-4-2-8-34-20)10-15(25-26)19-3-1-7-33-19)12-30-22(28)11-24-23(29)14-5-6-17-18(9-14)32-13-31-17/h1-9,16H,10-13H2,(H,24,29). The third-order valence-corrected chi connectivity index (χ3v) is 7.12. The number of hydrogen-bond donors (Lipinski definition) is 1. The van der Waals surface area contributed by atoms with Crippen molar-refractivity contribution in [1.29, 1.82) is 0 Å². The topological polar surface area (TPSA) is 107 Å². The second-order valence-corrected chi connectivity index (χ2v) is 9.34. The van der Waals surface area contributed by atoms with Crippen molar-refractivity contribution >= 4 is 46.2 Å². The molecule has 5 rings (SSSR count). The van der Waals surface area contributed by atoms with E-state index in [-0.39, 0.29) is 19.4 Å². The number of carbonyl (C=O) groups excluding carboxylic acids is 3. The van der Waals surface area contributed by atoms with Crippen LogP contribution in [0.3, 0.4) is 0 Å². The van der Waals surface area contributed by atoms with Crippen LogP contribution in [0.1, 0.15) is 32.6 Å². The number of esters is 1. The fraction of sp³-hybridized carbons (Fsp3) is 0.217. The minimum atomic E-state index is -0.725. The third-order valence-electron chi connectivity index (χ3n) is 5.23. The lowest BCUT2D eigenvalue weighted by molar-refractivity contribution is -0.151. The number of carbonyl (C=O) groups is 3. The van der Waals surface area contributed by atoms with Gasteiger partial charge in [0.15, 0.2) is 18.1 Å². The van der Waals surface area contributed by atoms with E-state index in [2.05, 4.69) is 10.4 Å². The molecule has 2 aliphatic heterocycles. The second-order valence-electron chi connectivity index (χ2n) is 7.41. The van der Waals surface area contributed by atoms with E-state index in [1.54, 1.807) is 34.8 Å². The Kier molecular flexibility index (Phi) is 6.28. The summed E-state index contributed by atoms with van der Waals surface area (Å²) in [6.45, 7) is -0.746. The summed E-state index contributed by atoms with van der Waals surface area (Å²) in [7, 11) is 0. The normalized spacial score (nSPS) is 16.3. The highest BCUT2D eigenvalue weighted by Gasteiger charge is 2.34. The highest BCUT2D eigenvalue weighted by molar-refractivity contribution is 7.12. The molecule has 4 heterocycles. The van der Waals surface area contributed by atoms with Crippen LogP contribution < -0.4 is 14.8 Å². The quantitative estimate of drug-likeness (QED) is 0.503. The average molecular weight is 498 g/mol. The molecule has 9 nitrogen and oxygen atoms in total. The Balaban J connectivity index is 1.16. The van der Waals surface area contributed by atoms with Crippen LogP contribution in [0.4, 0.5) is 0 Å². The van der Waals surface area contributed by atoms with E-state index in [9.17, 15) is 14.4 Å². The van der Waals surface area contributed by atoms with Crippen LogP contribution in [0, 0.1) is 0 Å². The molecule has 2 aromatic heterocycles. The van der Waals surface area contributed by atoms with Gasteiger partial charge < -0.3 is 19.5 Å². The van der Waals surface area contributed by atoms with Gasteiger partial charge in [0.25, 0.3) is 11.8 Å². The first-order valence-corrected chi connectivity index (χ1v) is 12.1. The number of fused-ring (bicyclic) bond motifs is 1. The van der Waals surface area contributed by atoms with Gasteiger partial charge >= 0.3 is 5.97 Å². The number of nitrogens with zero attached hydrogens (tertiary/aromatic N) is 2. The van der Waals surface area contributed by atoms with Gasteiger partial charge in [-0.1, -0.05) is 12.1 Å². The van der Waals surface area contributed by atoms with Crippen molar-refractivity contribution < 1.29 is 28.6 Å². The van der Waals surface area contributed by atoms with Crippen LogP contribution in [0.5, 0.6) is 11.5 Å². The molecule has 1 N–H and O–H groups in total. The molecule has 2 aliphatic rings. The SMILES string of the molecule is O=C(CNC(=O)c1ccc2c(c1)OCO2)OCC(=O)N1N=C(c2cccs2)CC1c1cccs1. The lowest BCUT2D eigenvalue weighted by Gasteiger charge is -2.20. The minimum Gasteiger partial charge on any atom is -0.454 e. The molecule has 1 aromatic carbocycles. The molecule has 0 aliphatic carbocycles. The smallest absolute Gasteiger partial charge is 0.325 e. The molecule has 0 saturated carbocycles. The van der Waals surface area contributed by atoms with Crippen molar-refractivity contribution in [2.75, 3.05) is 19.9 Å². The Morgan fingerprint density at radius 1 is 1.09 bits per heavy atom. The van der Waals surface area contributed by atoms with E-state index in [4.69, 9.17) is 14.2 Å². The number of ether oxygens (including phenoxy) is 3. The van der Waals surface area contributed by atoms with Gasteiger partial charge in [0.05, 0.1) is 16.6 Å². The molecule has 0 radical (unpaired) electrons. The third kappa shape index (κ3) is 4.66. The Morgan fingerprint density at radius 3 is 2.71 bits per heavy atom. The first kappa shape index (κ1) is 22.1. The van der Waals surface area contributed by atoms with E-state index >= 15 is 0 Å². The first-order valence-electron chi connectivity index (χ1n) is 10.4. The second kappa shape index (κ2) is 9.65. The summed E-state index contributed by atoms with van der Waals surface area (Å²) < 4.78 is 15.6. The summed E-state index contributed by atoms with van der Waals surface area (Å²) in [4.78, 5) is 39.4. The van der Waals surface area contributed by atoms with Crippen molar-refractivity contribution in [2.45, 2.75) is 12.5 Å². The molecule has 34 heavy (non-hydrogen) atoms. The Bertz CT molecular complexity index is 1240.